The summed E-state index contributed by atoms with van der Waals surface area (Å²) in [4.78, 5) is 46.8. The highest BCUT2D eigenvalue weighted by atomic mass is 16.7. The Bertz CT molecular complexity index is 628. The fraction of sp³-hybridized carbons (Fsp3) is 0.800. The van der Waals surface area contributed by atoms with Crippen LogP contribution >= 0.6 is 0 Å². The molecule has 0 aromatic rings. The number of carbonyl (C=O) groups excluding carboxylic acids is 4. The first-order chi connectivity index (χ1) is 14.5. The van der Waals surface area contributed by atoms with Crippen molar-refractivity contribution in [3.63, 3.8) is 0 Å². The number of hydrogen-bond donors (Lipinski definition) is 5. The van der Waals surface area contributed by atoms with Crippen LogP contribution in [0.15, 0.2) is 0 Å². The maximum absolute atomic E-state index is 12.4. The average molecular weight is 446 g/mol. The molecule has 1 rings (SSSR count). The van der Waals surface area contributed by atoms with Gasteiger partial charge in [-0.25, -0.2) is 0 Å². The topological polar surface area (TPSA) is 171 Å². The molecule has 6 atom stereocenters. The van der Waals surface area contributed by atoms with E-state index in [1.54, 1.807) is 0 Å². The first-order valence-electron chi connectivity index (χ1n) is 10.4. The molecule has 1 aliphatic heterocycles. The predicted octanol–water partition coefficient (Wildman–Crippen LogP) is -1.44. The van der Waals surface area contributed by atoms with Gasteiger partial charge in [0.15, 0.2) is 6.29 Å². The molecule has 1 aliphatic rings. The van der Waals surface area contributed by atoms with Crippen LogP contribution in [0, 0.1) is 0 Å². The summed E-state index contributed by atoms with van der Waals surface area (Å²) in [6.45, 7) is 4.23. The Morgan fingerprint density at radius 3 is 2.23 bits per heavy atom. The van der Waals surface area contributed by atoms with E-state index in [1.807, 2.05) is 0 Å². The lowest BCUT2D eigenvalue weighted by atomic mass is 10.0. The van der Waals surface area contributed by atoms with Crippen LogP contribution in [0.2, 0.25) is 0 Å². The second kappa shape index (κ2) is 13.5. The number of aliphatic hydroxyl groups is 3. The highest BCUT2D eigenvalue weighted by Crippen LogP contribution is 2.21. The second-order valence-electron chi connectivity index (χ2n) is 7.78. The van der Waals surface area contributed by atoms with E-state index in [2.05, 4.69) is 10.6 Å². The predicted molar refractivity (Wildman–Crippen MR) is 108 cm³/mol. The molecular weight excluding hydrogens is 412 g/mol. The van der Waals surface area contributed by atoms with Crippen molar-refractivity contribution in [1.82, 2.24) is 10.6 Å². The number of ketones is 2. The minimum absolute atomic E-state index is 0.00132. The Morgan fingerprint density at radius 2 is 1.61 bits per heavy atom. The van der Waals surface area contributed by atoms with E-state index in [1.165, 1.54) is 20.8 Å². The summed E-state index contributed by atoms with van der Waals surface area (Å²) >= 11 is 0. The van der Waals surface area contributed by atoms with Gasteiger partial charge in [0.2, 0.25) is 11.8 Å². The first kappa shape index (κ1) is 27.1. The normalized spacial score (nSPS) is 26.7. The maximum atomic E-state index is 12.4. The minimum atomic E-state index is -1.45. The number of hydrogen-bond acceptors (Lipinski definition) is 9. The van der Waals surface area contributed by atoms with E-state index in [-0.39, 0.29) is 43.5 Å². The second-order valence-corrected chi connectivity index (χ2v) is 7.78. The van der Waals surface area contributed by atoms with Gasteiger partial charge in [0.1, 0.15) is 35.9 Å². The number of amides is 2. The average Bonchev–Trinajstić information content (AvgIpc) is 2.69. The van der Waals surface area contributed by atoms with E-state index in [0.29, 0.717) is 19.3 Å². The van der Waals surface area contributed by atoms with Crippen molar-refractivity contribution in [3.05, 3.63) is 0 Å². The lowest BCUT2D eigenvalue weighted by Crippen LogP contribution is -2.57. The van der Waals surface area contributed by atoms with Crippen molar-refractivity contribution < 1.29 is 44.0 Å². The third-order valence-electron chi connectivity index (χ3n) is 4.82. The van der Waals surface area contributed by atoms with Gasteiger partial charge in [0.25, 0.3) is 0 Å². The molecule has 0 spiro atoms. The molecule has 2 amide bonds. The number of nitrogens with one attached hydrogen (secondary N) is 2. The van der Waals surface area contributed by atoms with E-state index >= 15 is 0 Å². The summed E-state index contributed by atoms with van der Waals surface area (Å²) in [6, 6.07) is -1.04. The minimum Gasteiger partial charge on any atom is -0.388 e. The van der Waals surface area contributed by atoms with Crippen LogP contribution in [-0.4, -0.2) is 88.6 Å². The van der Waals surface area contributed by atoms with Gasteiger partial charge in [-0.05, 0) is 33.6 Å². The number of Topliss-reactive ketones (excluding diaryl/α,β-unsaturated/α-hetero) is 2. The van der Waals surface area contributed by atoms with Crippen LogP contribution in [0.1, 0.15) is 52.9 Å². The van der Waals surface area contributed by atoms with Gasteiger partial charge in [0.05, 0.1) is 12.7 Å². The summed E-state index contributed by atoms with van der Waals surface area (Å²) in [7, 11) is 0. The number of aliphatic hydroxyl groups excluding tert-OH is 3. The molecule has 11 heteroatoms. The summed E-state index contributed by atoms with van der Waals surface area (Å²) in [5.41, 5.74) is 0. The molecule has 31 heavy (non-hydrogen) atoms. The summed E-state index contributed by atoms with van der Waals surface area (Å²) in [5.74, 6) is -1.18. The Morgan fingerprint density at radius 1 is 0.968 bits per heavy atom. The Kier molecular flexibility index (Phi) is 11.8. The van der Waals surface area contributed by atoms with Crippen molar-refractivity contribution >= 4 is 23.4 Å². The van der Waals surface area contributed by atoms with Crippen LogP contribution in [0.5, 0.6) is 0 Å². The monoisotopic (exact) mass is 446 g/mol. The molecule has 5 N–H and O–H groups in total. The molecule has 1 fully saturated rings. The van der Waals surface area contributed by atoms with Gasteiger partial charge in [-0.3, -0.25) is 14.4 Å². The fourth-order valence-electron chi connectivity index (χ4n) is 3.05. The molecule has 178 valence electrons. The van der Waals surface area contributed by atoms with Crippen LogP contribution < -0.4 is 10.6 Å². The first-order valence-corrected chi connectivity index (χ1v) is 10.4. The van der Waals surface area contributed by atoms with Gasteiger partial charge in [-0.15, -0.1) is 0 Å². The van der Waals surface area contributed by atoms with Crippen molar-refractivity contribution in [1.29, 1.82) is 0 Å². The van der Waals surface area contributed by atoms with Crippen LogP contribution in [0.4, 0.5) is 0 Å². The molecule has 0 unspecified atom stereocenters. The Labute approximate surface area is 181 Å². The molecule has 0 radical (unpaired) electrons. The Hall–Kier alpha value is -1.92. The molecule has 0 aliphatic carbocycles. The molecule has 0 aromatic heterocycles. The molecule has 11 nitrogen and oxygen atoms in total. The van der Waals surface area contributed by atoms with E-state index in [0.717, 1.165) is 0 Å². The van der Waals surface area contributed by atoms with Crippen LogP contribution in [0.25, 0.3) is 0 Å². The van der Waals surface area contributed by atoms with Crippen LogP contribution in [-0.2, 0) is 28.7 Å². The van der Waals surface area contributed by atoms with E-state index in [9.17, 15) is 34.5 Å². The van der Waals surface area contributed by atoms with Gasteiger partial charge in [-0.1, -0.05) is 0 Å². The standard InChI is InChI=1S/C20H34N2O9/c1-11(23)6-4-5-7-15(25)22-14(10-12(2)24)19(29)21-8-9-30-20-18(28)17(27)16(26)13(3)31-20/h13-14,16-18,20,26-28H,4-10H2,1-3H3,(H,21,29)(H,22,25)/t13-,14-,16+,17+,18-,20+/m0/s1. The molecule has 1 heterocycles. The van der Waals surface area contributed by atoms with Crippen molar-refractivity contribution in [3.8, 4) is 0 Å². The summed E-state index contributed by atoms with van der Waals surface area (Å²) in [5, 5.41) is 34.4. The highest BCUT2D eigenvalue weighted by molar-refractivity contribution is 5.91. The molecule has 0 bridgehead atoms. The lowest BCUT2D eigenvalue weighted by Gasteiger charge is -2.38. The fourth-order valence-corrected chi connectivity index (χ4v) is 3.05. The van der Waals surface area contributed by atoms with Crippen LogP contribution in [0.3, 0.4) is 0 Å². The zero-order valence-corrected chi connectivity index (χ0v) is 18.2. The van der Waals surface area contributed by atoms with Crippen molar-refractivity contribution in [2.45, 2.75) is 89.6 Å². The quantitative estimate of drug-likeness (QED) is 0.212. The molecular formula is C20H34N2O9. The highest BCUT2D eigenvalue weighted by Gasteiger charge is 2.42. The summed E-state index contributed by atoms with van der Waals surface area (Å²) < 4.78 is 10.6. The smallest absolute Gasteiger partial charge is 0.243 e. The lowest BCUT2D eigenvalue weighted by molar-refractivity contribution is -0.292. The summed E-state index contributed by atoms with van der Waals surface area (Å²) in [6.07, 6.45) is -4.61. The third kappa shape index (κ3) is 9.83. The zero-order valence-electron chi connectivity index (χ0n) is 18.2. The molecule has 0 saturated carbocycles. The number of unbranched alkanes of at least 4 members (excludes halogenated alkanes) is 1. The van der Waals surface area contributed by atoms with Gasteiger partial charge < -0.3 is 40.2 Å². The number of ether oxygens (including phenoxy) is 2. The van der Waals surface area contributed by atoms with Gasteiger partial charge >= 0.3 is 0 Å². The third-order valence-corrected chi connectivity index (χ3v) is 4.82. The zero-order chi connectivity index (χ0) is 23.6. The van der Waals surface area contributed by atoms with Crippen molar-refractivity contribution in [2.24, 2.45) is 0 Å². The maximum Gasteiger partial charge on any atom is 0.243 e. The van der Waals surface area contributed by atoms with E-state index in [4.69, 9.17) is 9.47 Å². The largest absolute Gasteiger partial charge is 0.388 e. The molecule has 1 saturated heterocycles. The van der Waals surface area contributed by atoms with Crippen molar-refractivity contribution in [2.75, 3.05) is 13.2 Å². The Balaban J connectivity index is 2.43. The SMILES string of the molecule is CC(=O)CCCCC(=O)N[C@@H](CC(C)=O)C(=O)NCCO[C@@H]1O[C@@H](C)[C@@H](O)[C@@H](O)[C@@H]1O. The number of rotatable bonds is 13. The molecule has 0 aromatic carbocycles. The van der Waals surface area contributed by atoms with E-state index < -0.39 is 42.7 Å². The van der Waals surface area contributed by atoms with Gasteiger partial charge in [-0.2, -0.15) is 0 Å². The number of carbonyl (C=O) groups is 4. The van der Waals surface area contributed by atoms with Gasteiger partial charge in [0, 0.05) is 25.8 Å².